The molecule has 0 saturated heterocycles. The summed E-state index contributed by atoms with van der Waals surface area (Å²) in [5, 5.41) is -1.60. The lowest BCUT2D eigenvalue weighted by atomic mass is 9.47. The van der Waals surface area contributed by atoms with Gasteiger partial charge in [-0.25, -0.2) is 0 Å². The molecule has 1 N–H and O–H groups in total. The normalized spacial score (nSPS) is 32.5. The van der Waals surface area contributed by atoms with Gasteiger partial charge < -0.3 is 14.4 Å². The number of esters is 1. The van der Waals surface area contributed by atoms with Crippen molar-refractivity contribution in [2.45, 2.75) is 111 Å². The van der Waals surface area contributed by atoms with Crippen LogP contribution in [-0.4, -0.2) is 28.4 Å². The van der Waals surface area contributed by atoms with Crippen molar-refractivity contribution in [1.82, 2.24) is 0 Å². The molecule has 0 aliphatic heterocycles. The number of hydrogen-bond acceptors (Lipinski definition) is 5. The smallest absolute Gasteiger partial charge is 0.379 e. The minimum absolute atomic E-state index is 0.0594. The van der Waals surface area contributed by atoms with Crippen LogP contribution in [0.1, 0.15) is 100 Å². The van der Waals surface area contributed by atoms with Crippen molar-refractivity contribution in [3.63, 3.8) is 0 Å². The van der Waals surface area contributed by atoms with Crippen LogP contribution in [0.4, 0.5) is 0 Å². The first-order chi connectivity index (χ1) is 16.5. The lowest BCUT2D eigenvalue weighted by Crippen LogP contribution is -2.54. The number of fused-ring (bicyclic) bond motifs is 3. The van der Waals surface area contributed by atoms with E-state index in [1.54, 1.807) is 0 Å². The number of nitrogens with zero attached hydrogens (tertiary/aromatic N) is 1. The van der Waals surface area contributed by atoms with Gasteiger partial charge >= 0.3 is 13.5 Å². The van der Waals surface area contributed by atoms with Crippen molar-refractivity contribution in [3.05, 3.63) is 28.2 Å². The number of rotatable bonds is 9. The largest absolute Gasteiger partial charge is 0.459 e. The van der Waals surface area contributed by atoms with E-state index in [9.17, 15) is 19.2 Å². The lowest BCUT2D eigenvalue weighted by Gasteiger charge is -2.57. The van der Waals surface area contributed by atoms with Gasteiger partial charge in [-0.15, -0.1) is 4.91 Å². The molecule has 1 saturated carbocycles. The summed E-state index contributed by atoms with van der Waals surface area (Å²) >= 11 is 0. The molecule has 3 aliphatic carbocycles. The molecule has 36 heavy (non-hydrogen) atoms. The molecule has 5 unspecified atom stereocenters. The molecule has 0 aromatic rings. The second-order valence-corrected chi connectivity index (χ2v) is 15.4. The summed E-state index contributed by atoms with van der Waals surface area (Å²) < 4.78 is 23.6. The molecule has 0 aromatic carbocycles. The van der Waals surface area contributed by atoms with Crippen molar-refractivity contribution in [2.24, 2.45) is 33.5 Å². The highest BCUT2D eigenvalue weighted by Crippen LogP contribution is 2.62. The highest BCUT2D eigenvalue weighted by molar-refractivity contribution is 7.57. The fourth-order valence-corrected chi connectivity index (χ4v) is 7.19. The van der Waals surface area contributed by atoms with Gasteiger partial charge in [-0.05, 0) is 95.5 Å². The second kappa shape index (κ2) is 10.1. The molecular weight excluding hydrogens is 477 g/mol. The van der Waals surface area contributed by atoms with Crippen LogP contribution in [0.5, 0.6) is 0 Å². The molecule has 0 radical (unpaired) electrons. The van der Waals surface area contributed by atoms with Gasteiger partial charge in [0.2, 0.25) is 0 Å². The quantitative estimate of drug-likeness (QED) is 0.190. The molecule has 3 aliphatic rings. The zero-order chi connectivity index (χ0) is 27.2. The van der Waals surface area contributed by atoms with Crippen LogP contribution < -0.4 is 0 Å². The lowest BCUT2D eigenvalue weighted by molar-refractivity contribution is -0.184. The van der Waals surface area contributed by atoms with Gasteiger partial charge in [0.05, 0.1) is 12.0 Å². The molecule has 0 heterocycles. The van der Waals surface area contributed by atoms with E-state index in [-0.39, 0.29) is 23.9 Å². The molecule has 5 atom stereocenters. The standard InChI is InChI=1S/C28H46NO6P/c1-19(2)20-10-12-22-21(18-20)11-13-23-27(22,7)14-9-15-28(23,8)24(30)35-25(3,4)16-17-34-26(5,6)36(32,33)29-31/h11,18-19,22-23H,9-10,12-17H2,1-8H3,(H,32,33). The summed E-state index contributed by atoms with van der Waals surface area (Å²) in [5.41, 5.74) is 1.67. The van der Waals surface area contributed by atoms with Crippen LogP contribution in [0.25, 0.3) is 0 Å². The number of nitroso groups, excluding NO2 is 1. The van der Waals surface area contributed by atoms with Crippen LogP contribution in [-0.2, 0) is 18.8 Å². The van der Waals surface area contributed by atoms with E-state index in [2.05, 4.69) is 44.8 Å². The number of allylic oxidation sites excluding steroid dienone is 4. The molecule has 0 bridgehead atoms. The Morgan fingerprint density at radius 1 is 1.25 bits per heavy atom. The summed E-state index contributed by atoms with van der Waals surface area (Å²) in [6, 6.07) is 0. The minimum Gasteiger partial charge on any atom is -0.459 e. The van der Waals surface area contributed by atoms with E-state index in [4.69, 9.17) is 9.47 Å². The van der Waals surface area contributed by atoms with E-state index in [1.807, 2.05) is 13.8 Å². The maximum absolute atomic E-state index is 13.8. The second-order valence-electron chi connectivity index (χ2n) is 13.1. The number of carbonyl (C=O) groups excluding carboxylic acids is 1. The van der Waals surface area contributed by atoms with Crippen molar-refractivity contribution >= 4 is 13.5 Å². The van der Waals surface area contributed by atoms with Crippen LogP contribution in [0.3, 0.4) is 0 Å². The zero-order valence-electron chi connectivity index (χ0n) is 23.4. The van der Waals surface area contributed by atoms with Crippen molar-refractivity contribution < 1.29 is 23.7 Å². The van der Waals surface area contributed by atoms with Crippen LogP contribution in [0, 0.1) is 33.5 Å². The highest BCUT2D eigenvalue weighted by Gasteiger charge is 2.58. The van der Waals surface area contributed by atoms with Gasteiger partial charge in [0.15, 0.2) is 5.34 Å². The average molecular weight is 524 g/mol. The third-order valence-corrected chi connectivity index (χ3v) is 11.1. The predicted molar refractivity (Wildman–Crippen MR) is 142 cm³/mol. The summed E-state index contributed by atoms with van der Waals surface area (Å²) in [4.78, 5) is 36.6. The maximum Gasteiger partial charge on any atom is 0.379 e. The zero-order valence-corrected chi connectivity index (χ0v) is 24.3. The SMILES string of the molecule is CC(C)C1=CC2=CCC3C(C)(C(=O)OC(C)(C)CCOC(C)(C)P(=O)(O)N=O)CCCC3(C)C2CC1. The topological polar surface area (TPSA) is 102 Å². The Balaban J connectivity index is 1.73. The van der Waals surface area contributed by atoms with Crippen molar-refractivity contribution in [1.29, 1.82) is 0 Å². The van der Waals surface area contributed by atoms with Gasteiger partial charge in [0.1, 0.15) is 5.60 Å². The Labute approximate surface area is 217 Å². The van der Waals surface area contributed by atoms with Crippen LogP contribution >= 0.6 is 7.52 Å². The molecule has 0 aromatic heterocycles. The molecule has 1 fully saturated rings. The Hall–Kier alpha value is -1.30. The van der Waals surface area contributed by atoms with Crippen LogP contribution in [0.2, 0.25) is 0 Å². The minimum atomic E-state index is -4.33. The van der Waals surface area contributed by atoms with Crippen molar-refractivity contribution in [3.8, 4) is 0 Å². The Morgan fingerprint density at radius 3 is 2.53 bits per heavy atom. The summed E-state index contributed by atoms with van der Waals surface area (Å²) in [6.45, 7) is 15.5. The van der Waals surface area contributed by atoms with Crippen molar-refractivity contribution in [2.75, 3.05) is 6.61 Å². The first-order valence-corrected chi connectivity index (χ1v) is 15.1. The Bertz CT molecular complexity index is 983. The predicted octanol–water partition coefficient (Wildman–Crippen LogP) is 7.54. The van der Waals surface area contributed by atoms with E-state index in [0.717, 1.165) is 38.5 Å². The Morgan fingerprint density at radius 2 is 1.92 bits per heavy atom. The number of carbonyl (C=O) groups is 1. The first-order valence-electron chi connectivity index (χ1n) is 13.4. The molecule has 7 nitrogen and oxygen atoms in total. The number of ether oxygens (including phenoxy) is 2. The monoisotopic (exact) mass is 523 g/mol. The summed E-state index contributed by atoms with van der Waals surface area (Å²) in [5.74, 6) is 1.10. The highest BCUT2D eigenvalue weighted by atomic mass is 31.2. The molecule has 8 heteroatoms. The third kappa shape index (κ3) is 5.44. The van der Waals surface area contributed by atoms with E-state index < -0.39 is 23.9 Å². The van der Waals surface area contributed by atoms with E-state index >= 15 is 0 Å². The fraction of sp³-hybridized carbons (Fsp3) is 0.821. The van der Waals surface area contributed by atoms with Gasteiger partial charge in [-0.2, -0.15) is 0 Å². The molecule has 3 rings (SSSR count). The Kier molecular flexibility index (Phi) is 8.22. The van der Waals surface area contributed by atoms with Gasteiger partial charge in [-0.1, -0.05) is 44.9 Å². The van der Waals surface area contributed by atoms with E-state index in [0.29, 0.717) is 18.3 Å². The van der Waals surface area contributed by atoms with E-state index in [1.165, 1.54) is 25.0 Å². The number of hydrogen-bond donors (Lipinski definition) is 1. The molecule has 0 amide bonds. The summed E-state index contributed by atoms with van der Waals surface area (Å²) in [6.07, 6.45) is 11.3. The molecular formula is C28H46NO6P. The first kappa shape index (κ1) is 29.3. The molecule has 204 valence electrons. The third-order valence-electron chi connectivity index (χ3n) is 9.39. The van der Waals surface area contributed by atoms with Gasteiger partial charge in [-0.3, -0.25) is 9.36 Å². The molecule has 0 spiro atoms. The maximum atomic E-state index is 13.8. The van der Waals surface area contributed by atoms with Crippen LogP contribution in [0.15, 0.2) is 28.2 Å². The fourth-order valence-electron chi connectivity index (χ4n) is 6.74. The summed E-state index contributed by atoms with van der Waals surface area (Å²) in [7, 11) is -4.33. The van der Waals surface area contributed by atoms with Gasteiger partial charge in [0.25, 0.3) is 0 Å². The average Bonchev–Trinajstić information content (AvgIpc) is 2.77. The van der Waals surface area contributed by atoms with Gasteiger partial charge in [0, 0.05) is 11.4 Å².